The smallest absolute Gasteiger partial charge is 0.338 e. The van der Waals surface area contributed by atoms with Gasteiger partial charge in [-0.3, -0.25) is 4.90 Å². The van der Waals surface area contributed by atoms with Crippen LogP contribution in [0, 0.1) is 13.8 Å². The van der Waals surface area contributed by atoms with Crippen LogP contribution in [0.3, 0.4) is 0 Å². The van der Waals surface area contributed by atoms with E-state index in [2.05, 4.69) is 21.3 Å². The van der Waals surface area contributed by atoms with Crippen LogP contribution in [-0.2, 0) is 19.3 Å². The van der Waals surface area contributed by atoms with Gasteiger partial charge in [-0.25, -0.2) is 4.68 Å². The van der Waals surface area contributed by atoms with E-state index in [9.17, 15) is 13.2 Å². The van der Waals surface area contributed by atoms with E-state index < -0.39 is 11.7 Å². The van der Waals surface area contributed by atoms with Gasteiger partial charge in [0.15, 0.2) is 0 Å². The molecule has 0 unspecified atom stereocenters. The molecule has 32 heavy (non-hydrogen) atoms. The van der Waals surface area contributed by atoms with E-state index in [0.29, 0.717) is 24.5 Å². The number of aryl methyl sites for hydroxylation is 2. The maximum absolute atomic E-state index is 12.7. The molecule has 0 atom stereocenters. The summed E-state index contributed by atoms with van der Waals surface area (Å²) in [4.78, 5) is 6.34. The lowest BCUT2D eigenvalue weighted by Crippen LogP contribution is -2.17. The van der Waals surface area contributed by atoms with E-state index in [-0.39, 0.29) is 5.82 Å². The van der Waals surface area contributed by atoms with Crippen LogP contribution in [0.15, 0.2) is 59.1 Å². The Balaban J connectivity index is 1.42. The van der Waals surface area contributed by atoms with Crippen LogP contribution in [0.5, 0.6) is 0 Å². The molecule has 0 radical (unpaired) electrons. The highest BCUT2D eigenvalue weighted by Gasteiger charge is 2.30. The number of rotatable bonds is 6. The molecule has 2 aromatic carbocycles. The Morgan fingerprint density at radius 2 is 1.75 bits per heavy atom. The first-order chi connectivity index (χ1) is 15.2. The van der Waals surface area contributed by atoms with Crippen LogP contribution in [-0.4, -0.2) is 31.9 Å². The Hall–Kier alpha value is -3.46. The van der Waals surface area contributed by atoms with Gasteiger partial charge in [-0.2, -0.15) is 23.3 Å². The summed E-state index contributed by atoms with van der Waals surface area (Å²) in [5.74, 6) is 0.644. The van der Waals surface area contributed by atoms with Gasteiger partial charge in [0.05, 0.1) is 23.5 Å². The van der Waals surface area contributed by atoms with Crippen molar-refractivity contribution < 1.29 is 17.7 Å². The first-order valence-corrected chi connectivity index (χ1v) is 10.0. The summed E-state index contributed by atoms with van der Waals surface area (Å²) in [5.41, 5.74) is 3.87. The fraction of sp³-hybridized carbons (Fsp3) is 0.261. The van der Waals surface area contributed by atoms with Gasteiger partial charge in [-0.15, -0.1) is 0 Å². The predicted molar refractivity (Wildman–Crippen MR) is 113 cm³/mol. The van der Waals surface area contributed by atoms with Gasteiger partial charge in [-0.1, -0.05) is 29.4 Å². The average Bonchev–Trinajstić information content (AvgIpc) is 3.33. The summed E-state index contributed by atoms with van der Waals surface area (Å²) in [5, 5.41) is 8.42. The Bertz CT molecular complexity index is 1210. The molecule has 9 heteroatoms. The zero-order valence-electron chi connectivity index (χ0n) is 17.9. The molecule has 4 rings (SSSR count). The minimum Gasteiger partial charge on any atom is -0.338 e. The number of aromatic nitrogens is 4. The minimum absolute atomic E-state index is 0.258. The molecule has 0 saturated heterocycles. The molecule has 0 fully saturated rings. The van der Waals surface area contributed by atoms with E-state index in [1.54, 1.807) is 0 Å². The van der Waals surface area contributed by atoms with E-state index in [1.165, 1.54) is 12.1 Å². The van der Waals surface area contributed by atoms with Gasteiger partial charge in [0.1, 0.15) is 0 Å². The van der Waals surface area contributed by atoms with E-state index in [4.69, 9.17) is 4.52 Å². The van der Waals surface area contributed by atoms with Crippen molar-refractivity contribution in [2.45, 2.75) is 33.1 Å². The van der Waals surface area contributed by atoms with Crippen molar-refractivity contribution in [1.82, 2.24) is 24.8 Å². The second kappa shape index (κ2) is 8.58. The van der Waals surface area contributed by atoms with Crippen LogP contribution in [0.1, 0.15) is 28.4 Å². The third-order valence-electron chi connectivity index (χ3n) is 4.96. The largest absolute Gasteiger partial charge is 0.416 e. The summed E-state index contributed by atoms with van der Waals surface area (Å²) in [6, 6.07) is 14.8. The molecule has 0 aliphatic rings. The molecular weight excluding hydrogens is 419 g/mol. The molecular formula is C23H22F3N5O. The summed E-state index contributed by atoms with van der Waals surface area (Å²) in [6.45, 7) is 5.02. The molecule has 0 N–H and O–H groups in total. The normalized spacial score (nSPS) is 12.0. The Morgan fingerprint density at radius 3 is 2.41 bits per heavy atom. The molecule has 2 heterocycles. The SMILES string of the molecule is Cc1cc(C)n(-c2cccc(CN(C)Cc3nc(-c4ccc(C(F)(F)F)cc4)no3)c2)n1. The van der Waals surface area contributed by atoms with Gasteiger partial charge < -0.3 is 4.52 Å². The molecule has 166 valence electrons. The number of nitrogens with zero attached hydrogens (tertiary/aromatic N) is 5. The number of alkyl halides is 3. The summed E-state index contributed by atoms with van der Waals surface area (Å²) >= 11 is 0. The second-order valence-corrected chi connectivity index (χ2v) is 7.77. The van der Waals surface area contributed by atoms with Crippen LogP contribution in [0.4, 0.5) is 13.2 Å². The Kier molecular flexibility index (Phi) is 5.84. The molecule has 0 bridgehead atoms. The van der Waals surface area contributed by atoms with E-state index in [1.807, 2.05) is 54.7 Å². The van der Waals surface area contributed by atoms with Crippen molar-refractivity contribution in [3.63, 3.8) is 0 Å². The maximum Gasteiger partial charge on any atom is 0.416 e. The quantitative estimate of drug-likeness (QED) is 0.412. The first-order valence-electron chi connectivity index (χ1n) is 10.0. The molecule has 0 amide bonds. The monoisotopic (exact) mass is 441 g/mol. The summed E-state index contributed by atoms with van der Waals surface area (Å²) in [7, 11) is 1.93. The molecule has 4 aromatic rings. The Morgan fingerprint density at radius 1 is 1.00 bits per heavy atom. The molecule has 6 nitrogen and oxygen atoms in total. The van der Waals surface area contributed by atoms with Crippen LogP contribution >= 0.6 is 0 Å². The van der Waals surface area contributed by atoms with Gasteiger partial charge in [-0.05, 0) is 56.8 Å². The van der Waals surface area contributed by atoms with Crippen molar-refractivity contribution >= 4 is 0 Å². The Labute approximate surface area is 183 Å². The molecule has 0 aliphatic carbocycles. The van der Waals surface area contributed by atoms with Gasteiger partial charge in [0.25, 0.3) is 0 Å². The fourth-order valence-electron chi connectivity index (χ4n) is 3.52. The average molecular weight is 441 g/mol. The summed E-state index contributed by atoms with van der Waals surface area (Å²) < 4.78 is 45.4. The number of hydrogen-bond acceptors (Lipinski definition) is 5. The highest BCUT2D eigenvalue weighted by atomic mass is 19.4. The van der Waals surface area contributed by atoms with Gasteiger partial charge in [0, 0.05) is 17.8 Å². The van der Waals surface area contributed by atoms with Crippen LogP contribution in [0.25, 0.3) is 17.1 Å². The highest BCUT2D eigenvalue weighted by Crippen LogP contribution is 2.30. The van der Waals surface area contributed by atoms with E-state index >= 15 is 0 Å². The number of benzene rings is 2. The molecule has 2 aromatic heterocycles. The number of hydrogen-bond donors (Lipinski definition) is 0. The molecule has 0 aliphatic heterocycles. The lowest BCUT2D eigenvalue weighted by molar-refractivity contribution is -0.137. The second-order valence-electron chi connectivity index (χ2n) is 7.77. The van der Waals surface area contributed by atoms with Crippen LogP contribution < -0.4 is 0 Å². The highest BCUT2D eigenvalue weighted by molar-refractivity contribution is 5.54. The van der Waals surface area contributed by atoms with Gasteiger partial charge >= 0.3 is 6.18 Å². The van der Waals surface area contributed by atoms with Crippen LogP contribution in [0.2, 0.25) is 0 Å². The lowest BCUT2D eigenvalue weighted by Gasteiger charge is -2.15. The predicted octanol–water partition coefficient (Wildman–Crippen LogP) is 5.19. The zero-order chi connectivity index (χ0) is 22.9. The molecule has 0 saturated carbocycles. The third-order valence-corrected chi connectivity index (χ3v) is 4.96. The van der Waals surface area contributed by atoms with Crippen molar-refractivity contribution in [2.24, 2.45) is 0 Å². The third kappa shape index (κ3) is 4.88. The lowest BCUT2D eigenvalue weighted by atomic mass is 10.1. The van der Waals surface area contributed by atoms with E-state index in [0.717, 1.165) is 34.8 Å². The standard InChI is InChI=1S/C23H22F3N5O/c1-15-11-16(2)31(28-15)20-6-4-5-17(12-20)13-30(3)14-21-27-22(29-32-21)18-7-9-19(10-8-18)23(24,25)26/h4-12H,13-14H2,1-3H3. The van der Waals surface area contributed by atoms with Crippen molar-refractivity contribution in [3.8, 4) is 17.1 Å². The number of halogens is 3. The molecule has 0 spiro atoms. The van der Waals surface area contributed by atoms with Crippen molar-refractivity contribution in [3.05, 3.63) is 83.0 Å². The topological polar surface area (TPSA) is 60.0 Å². The maximum atomic E-state index is 12.7. The van der Waals surface area contributed by atoms with Crippen molar-refractivity contribution in [1.29, 1.82) is 0 Å². The minimum atomic E-state index is -4.38. The summed E-state index contributed by atoms with van der Waals surface area (Å²) in [6.07, 6.45) is -4.38. The van der Waals surface area contributed by atoms with Gasteiger partial charge in [0.2, 0.25) is 11.7 Å². The fourth-order valence-corrected chi connectivity index (χ4v) is 3.52. The zero-order valence-corrected chi connectivity index (χ0v) is 17.9. The first kappa shape index (κ1) is 21.8. The van der Waals surface area contributed by atoms with Crippen molar-refractivity contribution in [2.75, 3.05) is 7.05 Å².